The van der Waals surface area contributed by atoms with Crippen LogP contribution < -0.4 is 10.6 Å². The van der Waals surface area contributed by atoms with Gasteiger partial charge in [-0.2, -0.15) is 0 Å². The predicted molar refractivity (Wildman–Crippen MR) is 107 cm³/mol. The molecule has 1 aromatic rings. The van der Waals surface area contributed by atoms with E-state index in [4.69, 9.17) is 0 Å². The van der Waals surface area contributed by atoms with Crippen LogP contribution in [0.4, 0.5) is 5.69 Å². The molecule has 1 aliphatic carbocycles. The van der Waals surface area contributed by atoms with Crippen LogP contribution in [0.3, 0.4) is 0 Å². The summed E-state index contributed by atoms with van der Waals surface area (Å²) in [5.41, 5.74) is 1.75. The highest BCUT2D eigenvalue weighted by atomic mass is 79.9. The molecule has 2 N–H and O–H groups in total. The minimum Gasteiger partial charge on any atom is -0.346 e. The number of hydrogen-bond acceptors (Lipinski definition) is 3. The number of aryl methyl sites for hydroxylation is 1. The van der Waals surface area contributed by atoms with Crippen LogP contribution in [0, 0.1) is 12.8 Å². The standard InChI is InChI=1S/C20H28BrN3O2/c1-14-11-16(21)8-9-17(14)23-19(25)12-22-20(26)13-24-10-4-6-15-5-2-3-7-18(15)24/h8-9,11,15,18H,2-7,10,12-13H2,1H3,(H,22,26)(H,23,25)/t15-,18-/m0/s1. The van der Waals surface area contributed by atoms with Crippen LogP contribution in [-0.4, -0.2) is 42.4 Å². The minimum absolute atomic E-state index is 0.0102. The molecule has 0 unspecified atom stereocenters. The summed E-state index contributed by atoms with van der Waals surface area (Å²) in [6, 6.07) is 6.25. The maximum Gasteiger partial charge on any atom is 0.243 e. The number of benzene rings is 1. The van der Waals surface area contributed by atoms with Crippen molar-refractivity contribution in [2.75, 3.05) is 25.0 Å². The minimum atomic E-state index is -0.196. The van der Waals surface area contributed by atoms with Crippen molar-refractivity contribution < 1.29 is 9.59 Å². The van der Waals surface area contributed by atoms with E-state index in [1.54, 1.807) is 0 Å². The van der Waals surface area contributed by atoms with Crippen molar-refractivity contribution in [2.45, 2.75) is 51.5 Å². The predicted octanol–water partition coefficient (Wildman–Crippen LogP) is 3.47. The zero-order valence-electron chi connectivity index (χ0n) is 15.4. The van der Waals surface area contributed by atoms with E-state index in [-0.39, 0.29) is 18.4 Å². The van der Waals surface area contributed by atoms with Gasteiger partial charge >= 0.3 is 0 Å². The zero-order chi connectivity index (χ0) is 18.5. The maximum absolute atomic E-state index is 12.3. The number of piperidine rings is 1. The molecule has 0 aromatic heterocycles. The molecule has 1 aliphatic heterocycles. The second kappa shape index (κ2) is 9.00. The number of amides is 2. The number of hydrogen-bond donors (Lipinski definition) is 2. The monoisotopic (exact) mass is 421 g/mol. The highest BCUT2D eigenvalue weighted by molar-refractivity contribution is 9.10. The molecule has 6 heteroatoms. The van der Waals surface area contributed by atoms with Gasteiger partial charge in [0.05, 0.1) is 13.1 Å². The fraction of sp³-hybridized carbons (Fsp3) is 0.600. The second-order valence-corrected chi connectivity index (χ2v) is 8.42. The van der Waals surface area contributed by atoms with Crippen LogP contribution in [0.5, 0.6) is 0 Å². The Hall–Kier alpha value is -1.40. The molecule has 0 bridgehead atoms. The fourth-order valence-corrected chi connectivity index (χ4v) is 4.78. The van der Waals surface area contributed by atoms with Crippen LogP contribution in [-0.2, 0) is 9.59 Å². The summed E-state index contributed by atoms with van der Waals surface area (Å²) < 4.78 is 0.976. The first kappa shape index (κ1) is 19.4. The third-order valence-corrected chi connectivity index (χ3v) is 6.11. The number of carbonyl (C=O) groups excluding carboxylic acids is 2. The van der Waals surface area contributed by atoms with E-state index in [2.05, 4.69) is 31.5 Å². The first-order valence-electron chi connectivity index (χ1n) is 9.59. The lowest BCUT2D eigenvalue weighted by atomic mass is 9.78. The number of carbonyl (C=O) groups is 2. The molecule has 3 rings (SSSR count). The molecule has 0 radical (unpaired) electrons. The zero-order valence-corrected chi connectivity index (χ0v) is 17.0. The Kier molecular flexibility index (Phi) is 6.70. The van der Waals surface area contributed by atoms with Gasteiger partial charge in [-0.3, -0.25) is 14.5 Å². The molecule has 2 atom stereocenters. The molecule has 1 heterocycles. The van der Waals surface area contributed by atoms with Crippen molar-refractivity contribution in [1.82, 2.24) is 10.2 Å². The third-order valence-electron chi connectivity index (χ3n) is 5.61. The van der Waals surface area contributed by atoms with Gasteiger partial charge in [-0.05, 0) is 68.8 Å². The quantitative estimate of drug-likeness (QED) is 0.764. The van der Waals surface area contributed by atoms with Gasteiger partial charge in [-0.1, -0.05) is 28.8 Å². The number of nitrogens with one attached hydrogen (secondary N) is 2. The number of halogens is 1. The van der Waals surface area contributed by atoms with Gasteiger partial charge in [0, 0.05) is 16.2 Å². The number of fused-ring (bicyclic) bond motifs is 1. The average Bonchev–Trinajstić information content (AvgIpc) is 2.63. The van der Waals surface area contributed by atoms with Gasteiger partial charge in [0.25, 0.3) is 0 Å². The lowest BCUT2D eigenvalue weighted by Gasteiger charge is -2.43. The van der Waals surface area contributed by atoms with Crippen LogP contribution in [0.15, 0.2) is 22.7 Å². The van der Waals surface area contributed by atoms with E-state index in [9.17, 15) is 9.59 Å². The Morgan fingerprint density at radius 1 is 1.15 bits per heavy atom. The van der Waals surface area contributed by atoms with Crippen LogP contribution in [0.25, 0.3) is 0 Å². The molecule has 142 valence electrons. The molecule has 2 amide bonds. The molecule has 1 saturated carbocycles. The Bertz CT molecular complexity index is 662. The molecular formula is C20H28BrN3O2. The summed E-state index contributed by atoms with van der Waals surface area (Å²) in [5, 5.41) is 5.63. The van der Waals surface area contributed by atoms with E-state index < -0.39 is 0 Å². The van der Waals surface area contributed by atoms with E-state index in [1.165, 1.54) is 38.5 Å². The molecule has 1 saturated heterocycles. The van der Waals surface area contributed by atoms with E-state index in [0.717, 1.165) is 28.2 Å². The molecule has 26 heavy (non-hydrogen) atoms. The fourth-order valence-electron chi connectivity index (χ4n) is 4.31. The van der Waals surface area contributed by atoms with Gasteiger partial charge in [-0.25, -0.2) is 0 Å². The maximum atomic E-state index is 12.3. The number of anilines is 1. The molecule has 0 spiro atoms. The number of likely N-dealkylation sites (tertiary alicyclic amines) is 1. The van der Waals surface area contributed by atoms with Crippen molar-refractivity contribution in [3.8, 4) is 0 Å². The smallest absolute Gasteiger partial charge is 0.243 e. The van der Waals surface area contributed by atoms with Crippen molar-refractivity contribution >= 4 is 33.4 Å². The molecule has 5 nitrogen and oxygen atoms in total. The summed E-state index contributed by atoms with van der Waals surface area (Å²) in [5.74, 6) is 0.505. The summed E-state index contributed by atoms with van der Waals surface area (Å²) in [6.45, 7) is 3.36. The molecular weight excluding hydrogens is 394 g/mol. The third kappa shape index (κ3) is 5.07. The summed E-state index contributed by atoms with van der Waals surface area (Å²) in [6.07, 6.45) is 7.60. The van der Waals surface area contributed by atoms with Gasteiger partial charge in [0.15, 0.2) is 0 Å². The van der Waals surface area contributed by atoms with E-state index in [0.29, 0.717) is 12.6 Å². The van der Waals surface area contributed by atoms with Crippen LogP contribution >= 0.6 is 15.9 Å². The second-order valence-electron chi connectivity index (χ2n) is 7.51. The Morgan fingerprint density at radius 2 is 1.92 bits per heavy atom. The van der Waals surface area contributed by atoms with Crippen molar-refractivity contribution in [3.05, 3.63) is 28.2 Å². The molecule has 2 aliphatic rings. The van der Waals surface area contributed by atoms with E-state index in [1.807, 2.05) is 25.1 Å². The van der Waals surface area contributed by atoms with Crippen molar-refractivity contribution in [3.63, 3.8) is 0 Å². The van der Waals surface area contributed by atoms with Crippen LogP contribution in [0.2, 0.25) is 0 Å². The van der Waals surface area contributed by atoms with Crippen molar-refractivity contribution in [1.29, 1.82) is 0 Å². The van der Waals surface area contributed by atoms with Gasteiger partial charge < -0.3 is 10.6 Å². The first-order chi connectivity index (χ1) is 12.5. The lowest BCUT2D eigenvalue weighted by molar-refractivity contribution is -0.126. The first-order valence-corrected chi connectivity index (χ1v) is 10.4. The van der Waals surface area contributed by atoms with Gasteiger partial charge in [-0.15, -0.1) is 0 Å². The summed E-state index contributed by atoms with van der Waals surface area (Å²) >= 11 is 3.41. The summed E-state index contributed by atoms with van der Waals surface area (Å²) in [4.78, 5) is 26.8. The average molecular weight is 422 g/mol. The Balaban J connectivity index is 1.45. The highest BCUT2D eigenvalue weighted by Gasteiger charge is 2.33. The molecule has 2 fully saturated rings. The van der Waals surface area contributed by atoms with Crippen molar-refractivity contribution in [2.24, 2.45) is 5.92 Å². The summed E-state index contributed by atoms with van der Waals surface area (Å²) in [7, 11) is 0. The number of nitrogens with zero attached hydrogens (tertiary/aromatic N) is 1. The Labute approximate surface area is 164 Å². The van der Waals surface area contributed by atoms with Crippen LogP contribution in [0.1, 0.15) is 44.1 Å². The lowest BCUT2D eigenvalue weighted by Crippen LogP contribution is -2.51. The van der Waals surface area contributed by atoms with Gasteiger partial charge in [0.2, 0.25) is 11.8 Å². The highest BCUT2D eigenvalue weighted by Crippen LogP contribution is 2.34. The normalized spacial score (nSPS) is 23.2. The SMILES string of the molecule is Cc1cc(Br)ccc1NC(=O)CNC(=O)CN1CCC[C@@H]2CCCC[C@@H]21. The molecule has 1 aromatic carbocycles. The Morgan fingerprint density at radius 3 is 2.73 bits per heavy atom. The largest absolute Gasteiger partial charge is 0.346 e. The van der Waals surface area contributed by atoms with E-state index >= 15 is 0 Å². The topological polar surface area (TPSA) is 61.4 Å². The number of rotatable bonds is 5. The van der Waals surface area contributed by atoms with Gasteiger partial charge in [0.1, 0.15) is 0 Å².